The first-order valence-electron chi connectivity index (χ1n) is 27.4. The third kappa shape index (κ3) is 41.2. The van der Waals surface area contributed by atoms with E-state index in [4.69, 9.17) is 18.9 Å². The zero-order valence-electron chi connectivity index (χ0n) is 42.9. The predicted octanol–water partition coefficient (Wildman–Crippen LogP) is 13.8. The molecule has 0 rings (SSSR count). The lowest BCUT2D eigenvalue weighted by Crippen LogP contribution is -2.32. The van der Waals surface area contributed by atoms with Crippen LogP contribution in [-0.4, -0.2) is 86.9 Å². The van der Waals surface area contributed by atoms with Crippen LogP contribution in [0.25, 0.3) is 0 Å². The Morgan fingerprint density at radius 2 is 0.750 bits per heavy atom. The minimum absolute atomic E-state index is 0.0452. The van der Waals surface area contributed by atoms with Crippen LogP contribution in [0.2, 0.25) is 0 Å². The van der Waals surface area contributed by atoms with Gasteiger partial charge in [-0.05, 0) is 116 Å². The van der Waals surface area contributed by atoms with Crippen molar-refractivity contribution in [2.45, 2.75) is 272 Å². The van der Waals surface area contributed by atoms with Gasteiger partial charge in [0.15, 0.2) is 0 Å². The van der Waals surface area contributed by atoms with Gasteiger partial charge in [-0.15, -0.1) is 0 Å². The standard InChI is InChI=1S/C54H104N2O8/c1-7-13-17-25-35-49(36-26-18-14-8-2)63-53(59)41-31-23-21-29-39-51(57)61-46-48(45-55-43-33-34-44-56(11-5)12-6)47-62-52(58)40-30-22-24-32-42-54(60)64-50(37-27-19-15-9-3)38-28-20-16-10-4/h48-50,55H,7-47H2,1-6H3. The van der Waals surface area contributed by atoms with Gasteiger partial charge < -0.3 is 29.2 Å². The van der Waals surface area contributed by atoms with Crippen LogP contribution in [0, 0.1) is 5.92 Å². The quantitative estimate of drug-likeness (QED) is 0.0359. The molecule has 64 heavy (non-hydrogen) atoms. The van der Waals surface area contributed by atoms with Crippen LogP contribution >= 0.6 is 0 Å². The molecule has 1 N–H and O–H groups in total. The first-order chi connectivity index (χ1) is 31.2. The number of nitrogens with one attached hydrogen (secondary N) is 1. The van der Waals surface area contributed by atoms with Crippen molar-refractivity contribution in [2.24, 2.45) is 5.92 Å². The molecule has 0 saturated heterocycles. The normalized spacial score (nSPS) is 11.6. The second-order valence-electron chi connectivity index (χ2n) is 18.6. The Kier molecular flexibility index (Phi) is 45.7. The molecule has 0 atom stereocenters. The fraction of sp³-hybridized carbons (Fsp3) is 0.926. The highest BCUT2D eigenvalue weighted by atomic mass is 16.6. The van der Waals surface area contributed by atoms with Crippen molar-refractivity contribution in [3.63, 3.8) is 0 Å². The Bertz CT molecular complexity index is 976. The van der Waals surface area contributed by atoms with E-state index in [1.54, 1.807) is 0 Å². The SMILES string of the molecule is CCCCCCC(CCCCCC)OC(=O)CCCCCCC(=O)OCC(CNCCCCN(CC)CC)COC(=O)CCCCCCC(=O)OC(CCCCCC)CCCCCC. The number of ether oxygens (including phenoxy) is 4. The maximum Gasteiger partial charge on any atom is 0.306 e. The van der Waals surface area contributed by atoms with Crippen molar-refractivity contribution in [1.82, 2.24) is 10.2 Å². The van der Waals surface area contributed by atoms with E-state index in [-0.39, 0.29) is 55.2 Å². The summed E-state index contributed by atoms with van der Waals surface area (Å²) in [5.74, 6) is -0.765. The van der Waals surface area contributed by atoms with Gasteiger partial charge in [0, 0.05) is 38.1 Å². The number of hydrogen-bond donors (Lipinski definition) is 1. The number of nitrogens with zero attached hydrogens (tertiary/aromatic N) is 1. The van der Waals surface area contributed by atoms with E-state index >= 15 is 0 Å². The zero-order chi connectivity index (χ0) is 47.1. The molecular formula is C54H104N2O8. The number of hydrogen-bond acceptors (Lipinski definition) is 10. The van der Waals surface area contributed by atoms with Crippen LogP contribution in [0.5, 0.6) is 0 Å². The van der Waals surface area contributed by atoms with Crippen LogP contribution in [0.15, 0.2) is 0 Å². The van der Waals surface area contributed by atoms with Crippen LogP contribution < -0.4 is 5.32 Å². The predicted molar refractivity (Wildman–Crippen MR) is 265 cm³/mol. The van der Waals surface area contributed by atoms with E-state index in [1.165, 1.54) is 77.0 Å². The zero-order valence-corrected chi connectivity index (χ0v) is 42.9. The van der Waals surface area contributed by atoms with Gasteiger partial charge >= 0.3 is 23.9 Å². The Morgan fingerprint density at radius 1 is 0.406 bits per heavy atom. The summed E-state index contributed by atoms with van der Waals surface area (Å²) in [6.07, 6.45) is 33.2. The van der Waals surface area contributed by atoms with Gasteiger partial charge in [0.05, 0.1) is 13.2 Å². The topological polar surface area (TPSA) is 120 Å². The summed E-state index contributed by atoms with van der Waals surface area (Å²) in [5, 5.41) is 3.50. The van der Waals surface area contributed by atoms with Gasteiger partial charge in [0.25, 0.3) is 0 Å². The van der Waals surface area contributed by atoms with Crippen molar-refractivity contribution in [3.8, 4) is 0 Å². The lowest BCUT2D eigenvalue weighted by atomic mass is 10.0. The summed E-state index contributed by atoms with van der Waals surface area (Å²) < 4.78 is 23.2. The molecule has 0 saturated carbocycles. The maximum absolute atomic E-state index is 12.7. The van der Waals surface area contributed by atoms with Gasteiger partial charge in [-0.3, -0.25) is 19.2 Å². The van der Waals surface area contributed by atoms with Crippen LogP contribution in [-0.2, 0) is 38.1 Å². The summed E-state index contributed by atoms with van der Waals surface area (Å²) in [6.45, 7) is 18.3. The second-order valence-corrected chi connectivity index (χ2v) is 18.6. The number of rotatable bonds is 49. The highest BCUT2D eigenvalue weighted by Gasteiger charge is 2.18. The molecule has 0 aliphatic rings. The minimum atomic E-state index is -0.234. The molecular weight excluding hydrogens is 805 g/mol. The first-order valence-corrected chi connectivity index (χ1v) is 27.4. The van der Waals surface area contributed by atoms with Crippen molar-refractivity contribution in [2.75, 3.05) is 45.9 Å². The summed E-state index contributed by atoms with van der Waals surface area (Å²) >= 11 is 0. The molecule has 10 nitrogen and oxygen atoms in total. The van der Waals surface area contributed by atoms with Crippen LogP contribution in [0.4, 0.5) is 0 Å². The molecule has 0 spiro atoms. The third-order valence-corrected chi connectivity index (χ3v) is 12.5. The molecule has 0 radical (unpaired) electrons. The molecule has 10 heteroatoms. The fourth-order valence-electron chi connectivity index (χ4n) is 8.16. The number of carbonyl (C=O) groups excluding carboxylic acids is 4. The highest BCUT2D eigenvalue weighted by Crippen LogP contribution is 2.19. The fourth-order valence-corrected chi connectivity index (χ4v) is 8.16. The molecule has 0 aliphatic carbocycles. The van der Waals surface area contributed by atoms with Crippen LogP contribution in [0.3, 0.4) is 0 Å². The summed E-state index contributed by atoms with van der Waals surface area (Å²) in [7, 11) is 0. The Balaban J connectivity index is 4.64. The first kappa shape index (κ1) is 61.8. The van der Waals surface area contributed by atoms with Crippen molar-refractivity contribution in [3.05, 3.63) is 0 Å². The van der Waals surface area contributed by atoms with Crippen molar-refractivity contribution >= 4 is 23.9 Å². The summed E-state index contributed by atoms with van der Waals surface area (Å²) in [6, 6.07) is 0. The maximum atomic E-state index is 12.7. The number of unbranched alkanes of at least 4 members (excludes halogenated alkanes) is 19. The van der Waals surface area contributed by atoms with E-state index < -0.39 is 0 Å². The molecule has 378 valence electrons. The molecule has 0 aromatic rings. The molecule has 0 unspecified atom stereocenters. The minimum Gasteiger partial charge on any atom is -0.465 e. The number of esters is 4. The number of carbonyl (C=O) groups is 4. The van der Waals surface area contributed by atoms with E-state index in [0.29, 0.717) is 32.2 Å². The highest BCUT2D eigenvalue weighted by molar-refractivity contribution is 5.70. The third-order valence-electron chi connectivity index (χ3n) is 12.5. The smallest absolute Gasteiger partial charge is 0.306 e. The monoisotopic (exact) mass is 909 g/mol. The largest absolute Gasteiger partial charge is 0.465 e. The van der Waals surface area contributed by atoms with E-state index in [2.05, 4.69) is 51.8 Å². The molecule has 0 bridgehead atoms. The summed E-state index contributed by atoms with van der Waals surface area (Å²) in [4.78, 5) is 53.2. The van der Waals surface area contributed by atoms with Gasteiger partial charge in [-0.25, -0.2) is 0 Å². The molecule has 0 aliphatic heterocycles. The van der Waals surface area contributed by atoms with Gasteiger partial charge in [0.1, 0.15) is 12.2 Å². The Morgan fingerprint density at radius 3 is 1.09 bits per heavy atom. The lowest BCUT2D eigenvalue weighted by molar-refractivity contribution is -0.151. The van der Waals surface area contributed by atoms with E-state index in [9.17, 15) is 19.2 Å². The molecule has 0 fully saturated rings. The Labute approximate surface area is 394 Å². The molecule has 0 aromatic carbocycles. The molecule has 0 amide bonds. The van der Waals surface area contributed by atoms with Crippen molar-refractivity contribution < 1.29 is 38.1 Å². The van der Waals surface area contributed by atoms with E-state index in [0.717, 1.165) is 142 Å². The van der Waals surface area contributed by atoms with Crippen LogP contribution in [0.1, 0.15) is 260 Å². The van der Waals surface area contributed by atoms with Gasteiger partial charge in [-0.2, -0.15) is 0 Å². The average Bonchev–Trinajstić information content (AvgIpc) is 3.29. The summed E-state index contributed by atoms with van der Waals surface area (Å²) in [5.41, 5.74) is 0. The average molecular weight is 909 g/mol. The second kappa shape index (κ2) is 47.3. The lowest BCUT2D eigenvalue weighted by Gasteiger charge is -2.19. The Hall–Kier alpha value is -2.20. The van der Waals surface area contributed by atoms with Gasteiger partial charge in [-0.1, -0.05) is 144 Å². The van der Waals surface area contributed by atoms with Crippen molar-refractivity contribution in [1.29, 1.82) is 0 Å². The molecule has 0 heterocycles. The molecule has 0 aromatic heterocycles. The van der Waals surface area contributed by atoms with E-state index in [1.807, 2.05) is 0 Å². The van der Waals surface area contributed by atoms with Gasteiger partial charge in [0.2, 0.25) is 0 Å².